The Morgan fingerprint density at radius 1 is 1.43 bits per heavy atom. The molecule has 14 heavy (non-hydrogen) atoms. The Bertz CT molecular complexity index is 299. The van der Waals surface area contributed by atoms with Crippen LogP contribution in [-0.4, -0.2) is 27.7 Å². The third-order valence-corrected chi connectivity index (χ3v) is 2.55. The van der Waals surface area contributed by atoms with Gasteiger partial charge in [-0.2, -0.15) is 0 Å². The summed E-state index contributed by atoms with van der Waals surface area (Å²) in [7, 11) is 0. The smallest absolute Gasteiger partial charge is 0.0782 e. The Labute approximate surface area is 83.4 Å². The fourth-order valence-electron chi connectivity index (χ4n) is 1.74. The Morgan fingerprint density at radius 3 is 2.93 bits per heavy atom. The van der Waals surface area contributed by atoms with E-state index in [9.17, 15) is 5.11 Å². The van der Waals surface area contributed by atoms with Gasteiger partial charge in [-0.1, -0.05) is 0 Å². The van der Waals surface area contributed by atoms with Crippen LogP contribution in [0, 0.1) is 6.92 Å². The molecular weight excluding hydrogens is 178 g/mol. The van der Waals surface area contributed by atoms with Crippen LogP contribution in [0.2, 0.25) is 0 Å². The topological polar surface area (TPSA) is 58.0 Å². The zero-order valence-corrected chi connectivity index (χ0v) is 8.27. The number of aromatic nitrogens is 2. The molecule has 4 heteroatoms. The van der Waals surface area contributed by atoms with Crippen molar-refractivity contribution in [1.82, 2.24) is 15.3 Å². The molecule has 0 aromatic carbocycles. The summed E-state index contributed by atoms with van der Waals surface area (Å²) >= 11 is 0. The molecule has 0 radical (unpaired) electrons. The van der Waals surface area contributed by atoms with Gasteiger partial charge in [0.05, 0.1) is 29.7 Å². The Morgan fingerprint density at radius 2 is 2.29 bits per heavy atom. The second kappa shape index (κ2) is 4.02. The van der Waals surface area contributed by atoms with Crippen LogP contribution < -0.4 is 5.32 Å². The predicted octanol–water partition coefficient (Wildman–Crippen LogP) is 0.570. The van der Waals surface area contributed by atoms with E-state index in [0.29, 0.717) is 0 Å². The normalized spacial score (nSPS) is 27.6. The van der Waals surface area contributed by atoms with Gasteiger partial charge in [-0.3, -0.25) is 9.97 Å². The van der Waals surface area contributed by atoms with Crippen molar-refractivity contribution in [1.29, 1.82) is 0 Å². The monoisotopic (exact) mass is 193 g/mol. The number of aliphatic hydroxyl groups excluding tert-OH is 1. The van der Waals surface area contributed by atoms with Crippen molar-refractivity contribution in [2.45, 2.75) is 31.9 Å². The Kier molecular flexibility index (Phi) is 2.74. The molecule has 0 amide bonds. The number of hydrogen-bond donors (Lipinski definition) is 2. The van der Waals surface area contributed by atoms with Crippen LogP contribution >= 0.6 is 0 Å². The van der Waals surface area contributed by atoms with Crippen LogP contribution in [0.5, 0.6) is 0 Å². The van der Waals surface area contributed by atoms with Crippen LogP contribution in [0.4, 0.5) is 0 Å². The molecule has 2 N–H and O–H groups in total. The molecule has 4 nitrogen and oxygen atoms in total. The first-order chi connectivity index (χ1) is 6.77. The molecule has 1 saturated heterocycles. The van der Waals surface area contributed by atoms with E-state index in [0.717, 1.165) is 30.8 Å². The molecule has 1 aliphatic heterocycles. The lowest BCUT2D eigenvalue weighted by Gasteiger charge is -2.28. The summed E-state index contributed by atoms with van der Waals surface area (Å²) in [6, 6.07) is -0.0446. The van der Waals surface area contributed by atoms with E-state index in [1.165, 1.54) is 0 Å². The SMILES string of the molecule is Cc1cnc(C2NCCCC2O)cn1. The standard InChI is InChI=1S/C10H15N3O/c1-7-5-13-8(6-12-7)10-9(14)3-2-4-11-10/h5-6,9-11,14H,2-4H2,1H3. The number of hydrogen-bond acceptors (Lipinski definition) is 4. The van der Waals surface area contributed by atoms with Crippen LogP contribution in [0.3, 0.4) is 0 Å². The van der Waals surface area contributed by atoms with Crippen molar-refractivity contribution in [2.75, 3.05) is 6.54 Å². The third-order valence-electron chi connectivity index (χ3n) is 2.55. The number of rotatable bonds is 1. The molecular formula is C10H15N3O. The van der Waals surface area contributed by atoms with Gasteiger partial charge in [0.1, 0.15) is 0 Å². The second-order valence-electron chi connectivity index (χ2n) is 3.72. The fraction of sp³-hybridized carbons (Fsp3) is 0.600. The van der Waals surface area contributed by atoms with E-state index in [2.05, 4.69) is 15.3 Å². The highest BCUT2D eigenvalue weighted by Gasteiger charge is 2.25. The van der Waals surface area contributed by atoms with Gasteiger partial charge in [0.25, 0.3) is 0 Å². The first-order valence-electron chi connectivity index (χ1n) is 4.97. The van der Waals surface area contributed by atoms with Gasteiger partial charge in [0, 0.05) is 6.20 Å². The van der Waals surface area contributed by atoms with Crippen molar-refractivity contribution in [3.8, 4) is 0 Å². The van der Waals surface area contributed by atoms with Gasteiger partial charge in [-0.25, -0.2) is 0 Å². The lowest BCUT2D eigenvalue weighted by Crippen LogP contribution is -2.38. The van der Waals surface area contributed by atoms with Crippen LogP contribution in [-0.2, 0) is 0 Å². The molecule has 1 aromatic heterocycles. The maximum atomic E-state index is 9.76. The summed E-state index contributed by atoms with van der Waals surface area (Å²) in [6.45, 7) is 2.85. The third kappa shape index (κ3) is 1.91. The average molecular weight is 193 g/mol. The highest BCUT2D eigenvalue weighted by molar-refractivity contribution is 5.08. The van der Waals surface area contributed by atoms with Crippen LogP contribution in [0.1, 0.15) is 30.3 Å². The van der Waals surface area contributed by atoms with E-state index >= 15 is 0 Å². The second-order valence-corrected chi connectivity index (χ2v) is 3.72. The molecule has 1 aliphatic rings. The lowest BCUT2D eigenvalue weighted by molar-refractivity contribution is 0.0945. The Balaban J connectivity index is 2.16. The quantitative estimate of drug-likeness (QED) is 0.684. The summed E-state index contributed by atoms with van der Waals surface area (Å²) in [4.78, 5) is 8.44. The number of nitrogens with one attached hydrogen (secondary N) is 1. The number of aliphatic hydroxyl groups is 1. The lowest BCUT2D eigenvalue weighted by atomic mass is 9.99. The number of piperidine rings is 1. The Hall–Kier alpha value is -1.00. The van der Waals surface area contributed by atoms with Crippen molar-refractivity contribution in [2.24, 2.45) is 0 Å². The molecule has 1 aromatic rings. The zero-order valence-electron chi connectivity index (χ0n) is 8.27. The van der Waals surface area contributed by atoms with Crippen molar-refractivity contribution in [3.63, 3.8) is 0 Å². The highest BCUT2D eigenvalue weighted by atomic mass is 16.3. The average Bonchev–Trinajstić information content (AvgIpc) is 2.20. The molecule has 0 bridgehead atoms. The van der Waals surface area contributed by atoms with Crippen molar-refractivity contribution in [3.05, 3.63) is 23.8 Å². The predicted molar refractivity (Wildman–Crippen MR) is 52.8 cm³/mol. The van der Waals surface area contributed by atoms with E-state index in [-0.39, 0.29) is 12.1 Å². The van der Waals surface area contributed by atoms with E-state index in [4.69, 9.17) is 0 Å². The zero-order chi connectivity index (χ0) is 9.97. The first kappa shape index (κ1) is 9.55. The minimum Gasteiger partial charge on any atom is -0.391 e. The number of aryl methyl sites for hydroxylation is 1. The minimum atomic E-state index is -0.333. The molecule has 2 rings (SSSR count). The van der Waals surface area contributed by atoms with Gasteiger partial charge in [-0.05, 0) is 26.3 Å². The molecule has 0 aliphatic carbocycles. The highest BCUT2D eigenvalue weighted by Crippen LogP contribution is 2.21. The van der Waals surface area contributed by atoms with Gasteiger partial charge in [-0.15, -0.1) is 0 Å². The van der Waals surface area contributed by atoms with Crippen molar-refractivity contribution >= 4 is 0 Å². The molecule has 76 valence electrons. The van der Waals surface area contributed by atoms with Gasteiger partial charge < -0.3 is 10.4 Å². The minimum absolute atomic E-state index is 0.0446. The van der Waals surface area contributed by atoms with Gasteiger partial charge >= 0.3 is 0 Å². The molecule has 0 saturated carbocycles. The molecule has 1 fully saturated rings. The van der Waals surface area contributed by atoms with Crippen LogP contribution in [0.25, 0.3) is 0 Å². The van der Waals surface area contributed by atoms with Gasteiger partial charge in [0.2, 0.25) is 0 Å². The molecule has 0 spiro atoms. The van der Waals surface area contributed by atoms with Crippen LogP contribution in [0.15, 0.2) is 12.4 Å². The van der Waals surface area contributed by atoms with Crippen molar-refractivity contribution < 1.29 is 5.11 Å². The van der Waals surface area contributed by atoms with Gasteiger partial charge in [0.15, 0.2) is 0 Å². The molecule has 2 unspecified atom stereocenters. The number of nitrogens with zero attached hydrogens (tertiary/aromatic N) is 2. The largest absolute Gasteiger partial charge is 0.391 e. The van der Waals surface area contributed by atoms with E-state index in [1.807, 2.05) is 6.92 Å². The van der Waals surface area contributed by atoms with E-state index < -0.39 is 0 Å². The summed E-state index contributed by atoms with van der Waals surface area (Å²) in [6.07, 6.45) is 5.00. The summed E-state index contributed by atoms with van der Waals surface area (Å²) < 4.78 is 0. The molecule has 2 heterocycles. The summed E-state index contributed by atoms with van der Waals surface area (Å²) in [5.74, 6) is 0. The van der Waals surface area contributed by atoms with E-state index in [1.54, 1.807) is 12.4 Å². The maximum absolute atomic E-state index is 9.76. The first-order valence-corrected chi connectivity index (χ1v) is 4.97. The molecule has 2 atom stereocenters. The summed E-state index contributed by atoms with van der Waals surface area (Å²) in [5.41, 5.74) is 1.74. The summed E-state index contributed by atoms with van der Waals surface area (Å²) in [5, 5.41) is 13.0. The fourth-order valence-corrected chi connectivity index (χ4v) is 1.74. The maximum Gasteiger partial charge on any atom is 0.0782 e.